The van der Waals surface area contributed by atoms with Crippen molar-refractivity contribution in [3.63, 3.8) is 0 Å². The molecule has 0 bridgehead atoms. The lowest BCUT2D eigenvalue weighted by molar-refractivity contribution is -0.136. The van der Waals surface area contributed by atoms with Crippen LogP contribution in [-0.2, 0) is 14.3 Å². The summed E-state index contributed by atoms with van der Waals surface area (Å²) in [6.07, 6.45) is 1.08. The second-order valence-electron chi connectivity index (χ2n) is 4.57. The van der Waals surface area contributed by atoms with Crippen LogP contribution < -0.4 is 4.90 Å². The Balaban J connectivity index is 2.70. The Morgan fingerprint density at radius 2 is 1.85 bits per heavy atom. The quantitative estimate of drug-likeness (QED) is 0.741. The highest BCUT2D eigenvalue weighted by Crippen LogP contribution is 2.16. The zero-order chi connectivity index (χ0) is 15.0. The molecule has 0 fully saturated rings. The molecule has 5 heteroatoms. The molecular formula is C15H21NO4. The Labute approximate surface area is 119 Å². The maximum Gasteiger partial charge on any atom is 0.323 e. The normalized spacial score (nSPS) is 10.3. The van der Waals surface area contributed by atoms with Crippen LogP contribution in [0.4, 0.5) is 5.69 Å². The first-order chi connectivity index (χ1) is 9.54. The van der Waals surface area contributed by atoms with Crippen molar-refractivity contribution in [3.05, 3.63) is 29.8 Å². The van der Waals surface area contributed by atoms with Crippen molar-refractivity contribution < 1.29 is 19.4 Å². The van der Waals surface area contributed by atoms with E-state index < -0.39 is 5.97 Å². The van der Waals surface area contributed by atoms with Crippen LogP contribution in [0.15, 0.2) is 24.3 Å². The van der Waals surface area contributed by atoms with Crippen molar-refractivity contribution in [1.29, 1.82) is 0 Å². The summed E-state index contributed by atoms with van der Waals surface area (Å²) in [4.78, 5) is 24.3. The molecule has 0 aliphatic carbocycles. The fourth-order valence-corrected chi connectivity index (χ4v) is 1.72. The smallest absolute Gasteiger partial charge is 0.323 e. The van der Waals surface area contributed by atoms with Gasteiger partial charge in [-0.15, -0.1) is 0 Å². The highest BCUT2D eigenvalue weighted by Gasteiger charge is 2.18. The molecule has 0 saturated carbocycles. The zero-order valence-electron chi connectivity index (χ0n) is 12.0. The van der Waals surface area contributed by atoms with E-state index in [-0.39, 0.29) is 18.9 Å². The molecule has 1 aromatic carbocycles. The first-order valence-corrected chi connectivity index (χ1v) is 6.71. The predicted molar refractivity (Wildman–Crippen MR) is 76.9 cm³/mol. The topological polar surface area (TPSA) is 66.8 Å². The van der Waals surface area contributed by atoms with Crippen molar-refractivity contribution in [2.45, 2.75) is 26.7 Å². The van der Waals surface area contributed by atoms with Crippen LogP contribution in [0.3, 0.4) is 0 Å². The Kier molecular flexibility index (Phi) is 6.73. The van der Waals surface area contributed by atoms with Gasteiger partial charge in [-0.2, -0.15) is 0 Å². The van der Waals surface area contributed by atoms with Gasteiger partial charge in [0.25, 0.3) is 0 Å². The van der Waals surface area contributed by atoms with Gasteiger partial charge in [0.15, 0.2) is 0 Å². The van der Waals surface area contributed by atoms with Crippen molar-refractivity contribution in [1.82, 2.24) is 0 Å². The number of anilines is 1. The Bertz CT molecular complexity index is 442. The lowest BCUT2D eigenvalue weighted by atomic mass is 10.2. The summed E-state index contributed by atoms with van der Waals surface area (Å²) in [6, 6.07) is 7.21. The minimum Gasteiger partial charge on any atom is -0.480 e. The molecule has 0 heterocycles. The van der Waals surface area contributed by atoms with Gasteiger partial charge >= 0.3 is 5.97 Å². The Hall–Kier alpha value is -1.88. The van der Waals surface area contributed by atoms with Crippen LogP contribution in [0, 0.1) is 6.92 Å². The number of amides is 1. The van der Waals surface area contributed by atoms with Crippen LogP contribution in [-0.4, -0.2) is 36.7 Å². The van der Waals surface area contributed by atoms with E-state index in [9.17, 15) is 9.59 Å². The second-order valence-corrected chi connectivity index (χ2v) is 4.57. The van der Waals surface area contributed by atoms with Crippen molar-refractivity contribution in [2.75, 3.05) is 24.7 Å². The molecule has 0 saturated heterocycles. The number of aryl methyl sites for hydroxylation is 1. The summed E-state index contributed by atoms with van der Waals surface area (Å²) in [5.41, 5.74) is 1.65. The maximum absolute atomic E-state index is 12.1. The zero-order valence-corrected chi connectivity index (χ0v) is 12.0. The van der Waals surface area contributed by atoms with Gasteiger partial charge in [-0.1, -0.05) is 24.6 Å². The van der Waals surface area contributed by atoms with E-state index in [1.165, 1.54) is 4.90 Å². The largest absolute Gasteiger partial charge is 0.480 e. The third-order valence-electron chi connectivity index (χ3n) is 2.75. The molecule has 1 aromatic rings. The number of ether oxygens (including phenoxy) is 1. The van der Waals surface area contributed by atoms with E-state index >= 15 is 0 Å². The van der Waals surface area contributed by atoms with Gasteiger partial charge in [0.2, 0.25) is 5.91 Å². The van der Waals surface area contributed by atoms with Crippen LogP contribution >= 0.6 is 0 Å². The van der Waals surface area contributed by atoms with Crippen molar-refractivity contribution in [2.24, 2.45) is 0 Å². The van der Waals surface area contributed by atoms with E-state index in [1.807, 2.05) is 26.0 Å². The van der Waals surface area contributed by atoms with E-state index in [0.29, 0.717) is 18.9 Å². The van der Waals surface area contributed by atoms with Gasteiger partial charge in [0.1, 0.15) is 6.54 Å². The highest BCUT2D eigenvalue weighted by molar-refractivity contribution is 5.97. The van der Waals surface area contributed by atoms with E-state index in [1.54, 1.807) is 12.1 Å². The van der Waals surface area contributed by atoms with Gasteiger partial charge < -0.3 is 14.7 Å². The number of rotatable bonds is 8. The predicted octanol–water partition coefficient (Wildman–Crippen LogP) is 2.23. The molecule has 0 unspecified atom stereocenters. The summed E-state index contributed by atoms with van der Waals surface area (Å²) in [6.45, 7) is 4.51. The molecule has 0 aliphatic rings. The van der Waals surface area contributed by atoms with Gasteiger partial charge in [0.05, 0.1) is 13.0 Å². The number of hydrogen-bond acceptors (Lipinski definition) is 3. The number of carboxylic acids is 1. The molecule has 1 rings (SSSR count). The fourth-order valence-electron chi connectivity index (χ4n) is 1.72. The number of benzene rings is 1. The molecular weight excluding hydrogens is 258 g/mol. The third-order valence-corrected chi connectivity index (χ3v) is 2.75. The molecule has 0 aliphatic heterocycles. The van der Waals surface area contributed by atoms with Gasteiger partial charge in [0, 0.05) is 12.3 Å². The molecule has 0 radical (unpaired) electrons. The molecule has 20 heavy (non-hydrogen) atoms. The minimum atomic E-state index is -1.03. The van der Waals surface area contributed by atoms with Crippen molar-refractivity contribution in [3.8, 4) is 0 Å². The van der Waals surface area contributed by atoms with E-state index in [0.717, 1.165) is 12.0 Å². The number of carbonyl (C=O) groups is 2. The maximum atomic E-state index is 12.1. The van der Waals surface area contributed by atoms with Crippen LogP contribution in [0.2, 0.25) is 0 Å². The van der Waals surface area contributed by atoms with Gasteiger partial charge in [-0.3, -0.25) is 9.59 Å². The van der Waals surface area contributed by atoms with E-state index in [2.05, 4.69) is 0 Å². The molecule has 0 atom stereocenters. The summed E-state index contributed by atoms with van der Waals surface area (Å²) < 4.78 is 5.27. The second kappa shape index (κ2) is 8.32. The minimum absolute atomic E-state index is 0.182. The first-order valence-electron chi connectivity index (χ1n) is 6.71. The molecule has 110 valence electrons. The fraction of sp³-hybridized carbons (Fsp3) is 0.467. The number of carboxylic acid groups (broad SMARTS) is 1. The summed E-state index contributed by atoms with van der Waals surface area (Å²) in [5, 5.41) is 8.93. The van der Waals surface area contributed by atoms with Crippen LogP contribution in [0.5, 0.6) is 0 Å². The monoisotopic (exact) mass is 279 g/mol. The van der Waals surface area contributed by atoms with Crippen molar-refractivity contribution >= 4 is 17.6 Å². The third kappa shape index (κ3) is 5.40. The van der Waals surface area contributed by atoms with Crippen LogP contribution in [0.1, 0.15) is 25.3 Å². The SMILES string of the molecule is CCCOCCC(=O)N(CC(=O)O)c1ccc(C)cc1. The van der Waals surface area contributed by atoms with Gasteiger partial charge in [-0.25, -0.2) is 0 Å². The Morgan fingerprint density at radius 3 is 2.40 bits per heavy atom. The number of carbonyl (C=O) groups excluding carboxylic acids is 1. The summed E-state index contributed by atoms with van der Waals surface area (Å²) >= 11 is 0. The lowest BCUT2D eigenvalue weighted by Crippen LogP contribution is -2.36. The van der Waals surface area contributed by atoms with Gasteiger partial charge in [-0.05, 0) is 25.5 Å². The molecule has 1 amide bonds. The Morgan fingerprint density at radius 1 is 1.20 bits per heavy atom. The van der Waals surface area contributed by atoms with E-state index in [4.69, 9.17) is 9.84 Å². The highest BCUT2D eigenvalue weighted by atomic mass is 16.5. The summed E-state index contributed by atoms with van der Waals surface area (Å²) in [7, 11) is 0. The molecule has 1 N–H and O–H groups in total. The summed E-state index contributed by atoms with van der Waals surface area (Å²) in [5.74, 6) is -1.28. The van der Waals surface area contributed by atoms with Crippen LogP contribution in [0.25, 0.3) is 0 Å². The number of hydrogen-bond donors (Lipinski definition) is 1. The average Bonchev–Trinajstić information content (AvgIpc) is 2.42. The first kappa shape index (κ1) is 16.2. The average molecular weight is 279 g/mol. The lowest BCUT2D eigenvalue weighted by Gasteiger charge is -2.21. The number of nitrogens with zero attached hydrogens (tertiary/aromatic N) is 1. The molecule has 0 aromatic heterocycles. The standard InChI is InChI=1S/C15H21NO4/c1-3-9-20-10-8-14(17)16(11-15(18)19)13-6-4-12(2)5-7-13/h4-7H,3,8-11H2,1-2H3,(H,18,19). The number of aliphatic carboxylic acids is 1. The molecule has 5 nitrogen and oxygen atoms in total. The molecule has 0 spiro atoms.